The molecule has 0 aliphatic heterocycles. The highest BCUT2D eigenvalue weighted by Gasteiger charge is 2.30. The Balaban J connectivity index is 2.41. The summed E-state index contributed by atoms with van der Waals surface area (Å²) in [4.78, 5) is 24.3. The molecule has 1 aliphatic rings. The molecule has 0 radical (unpaired) electrons. The monoisotopic (exact) mass is 283 g/mol. The van der Waals surface area contributed by atoms with Crippen molar-refractivity contribution in [2.75, 3.05) is 0 Å². The molecule has 0 fully saturated rings. The number of benzene rings is 1. The Morgan fingerprint density at radius 3 is 2.48 bits per heavy atom. The highest BCUT2D eigenvalue weighted by Crippen LogP contribution is 2.32. The predicted molar refractivity (Wildman–Crippen MR) is 83.9 cm³/mol. The van der Waals surface area contributed by atoms with E-state index in [-0.39, 0.29) is 17.7 Å². The fraction of sp³-hybridized carbons (Fsp3) is 0.333. The van der Waals surface area contributed by atoms with Crippen molar-refractivity contribution < 1.29 is 9.59 Å². The van der Waals surface area contributed by atoms with Crippen LogP contribution >= 0.6 is 0 Å². The van der Waals surface area contributed by atoms with E-state index in [2.05, 4.69) is 5.32 Å². The van der Waals surface area contributed by atoms with Crippen LogP contribution in [0.15, 0.2) is 54.1 Å². The van der Waals surface area contributed by atoms with Crippen LogP contribution in [-0.2, 0) is 15.0 Å². The second-order valence-electron chi connectivity index (χ2n) is 5.99. The van der Waals surface area contributed by atoms with Crippen LogP contribution in [0.1, 0.15) is 32.8 Å². The third-order valence-electron chi connectivity index (χ3n) is 3.58. The van der Waals surface area contributed by atoms with Crippen molar-refractivity contribution in [1.82, 2.24) is 5.32 Å². The maximum atomic E-state index is 12.2. The summed E-state index contributed by atoms with van der Waals surface area (Å²) in [7, 11) is 0. The maximum Gasteiger partial charge on any atom is 0.251 e. The Kier molecular flexibility index (Phi) is 4.41. The van der Waals surface area contributed by atoms with Gasteiger partial charge in [0.15, 0.2) is 5.78 Å². The number of ketones is 1. The molecule has 3 heteroatoms. The molecule has 1 aliphatic carbocycles. The summed E-state index contributed by atoms with van der Waals surface area (Å²) in [5.74, 6) is -0.108. The van der Waals surface area contributed by atoms with Crippen molar-refractivity contribution in [2.24, 2.45) is 0 Å². The number of nitrogens with one attached hydrogen (secondary N) is 1. The van der Waals surface area contributed by atoms with Gasteiger partial charge in [-0.25, -0.2) is 0 Å². The fourth-order valence-corrected chi connectivity index (χ4v) is 2.54. The number of amides is 1. The lowest BCUT2D eigenvalue weighted by atomic mass is 9.78. The lowest BCUT2D eigenvalue weighted by molar-refractivity contribution is -0.117. The van der Waals surface area contributed by atoms with E-state index in [4.69, 9.17) is 0 Å². The van der Waals surface area contributed by atoms with E-state index >= 15 is 0 Å². The fourth-order valence-electron chi connectivity index (χ4n) is 2.54. The van der Waals surface area contributed by atoms with Crippen molar-refractivity contribution in [2.45, 2.75) is 38.6 Å². The zero-order valence-electron chi connectivity index (χ0n) is 12.7. The molecule has 2 rings (SSSR count). The second kappa shape index (κ2) is 6.08. The quantitative estimate of drug-likeness (QED) is 0.927. The number of hydrogen-bond donors (Lipinski definition) is 1. The van der Waals surface area contributed by atoms with E-state index < -0.39 is 5.41 Å². The first-order valence-corrected chi connectivity index (χ1v) is 7.21. The van der Waals surface area contributed by atoms with Crippen LogP contribution in [0.5, 0.6) is 0 Å². The topological polar surface area (TPSA) is 46.2 Å². The van der Waals surface area contributed by atoms with Crippen molar-refractivity contribution in [1.29, 1.82) is 0 Å². The van der Waals surface area contributed by atoms with Crippen LogP contribution in [0.4, 0.5) is 0 Å². The molecule has 0 bridgehead atoms. The van der Waals surface area contributed by atoms with Gasteiger partial charge in [-0.15, -0.1) is 0 Å². The summed E-state index contributed by atoms with van der Waals surface area (Å²) in [6.45, 7) is 5.83. The van der Waals surface area contributed by atoms with Crippen molar-refractivity contribution in [3.8, 4) is 0 Å². The lowest BCUT2D eigenvalue weighted by Gasteiger charge is -2.25. The average Bonchev–Trinajstić information content (AvgIpc) is 2.58. The molecule has 0 saturated heterocycles. The van der Waals surface area contributed by atoms with Gasteiger partial charge in [0.1, 0.15) is 0 Å². The van der Waals surface area contributed by atoms with Gasteiger partial charge in [0.2, 0.25) is 0 Å². The standard InChI is InChI=1S/C18H21NO2/c1-13(2)19-17(21)14-9-10-16(20)12-18(3,11-14)15-7-5-4-6-8-15/h4-11,13H,12H2,1-3H3,(H,19,21)/t18-/m0/s1. The second-order valence-corrected chi connectivity index (χ2v) is 5.99. The van der Waals surface area contributed by atoms with Crippen LogP contribution in [0.3, 0.4) is 0 Å². The third-order valence-corrected chi connectivity index (χ3v) is 3.58. The Labute approximate surface area is 125 Å². The van der Waals surface area contributed by atoms with Crippen molar-refractivity contribution in [3.05, 3.63) is 59.7 Å². The average molecular weight is 283 g/mol. The molecular weight excluding hydrogens is 262 g/mol. The van der Waals surface area contributed by atoms with Crippen LogP contribution in [0, 0.1) is 0 Å². The van der Waals surface area contributed by atoms with Gasteiger partial charge in [0.25, 0.3) is 5.91 Å². The van der Waals surface area contributed by atoms with Crippen LogP contribution in [0.25, 0.3) is 0 Å². The largest absolute Gasteiger partial charge is 0.350 e. The van der Waals surface area contributed by atoms with Gasteiger partial charge in [0, 0.05) is 23.5 Å². The first-order valence-electron chi connectivity index (χ1n) is 7.21. The van der Waals surface area contributed by atoms with Gasteiger partial charge in [-0.3, -0.25) is 9.59 Å². The highest BCUT2D eigenvalue weighted by atomic mass is 16.1. The maximum absolute atomic E-state index is 12.2. The minimum atomic E-state index is -0.467. The SMILES string of the molecule is CC(C)NC(=O)C1=C[C@](C)(c2ccccc2)CC(=O)C=C1. The Morgan fingerprint density at radius 2 is 1.86 bits per heavy atom. The molecule has 3 nitrogen and oxygen atoms in total. The minimum Gasteiger partial charge on any atom is -0.350 e. The molecule has 0 aromatic heterocycles. The normalized spacial score (nSPS) is 21.9. The Bertz CT molecular complexity index is 599. The number of rotatable bonds is 3. The first kappa shape index (κ1) is 15.2. The number of hydrogen-bond acceptors (Lipinski definition) is 2. The minimum absolute atomic E-state index is 0.0324. The molecule has 0 unspecified atom stereocenters. The lowest BCUT2D eigenvalue weighted by Crippen LogP contribution is -2.32. The van der Waals surface area contributed by atoms with Gasteiger partial charge in [0.05, 0.1) is 0 Å². The van der Waals surface area contributed by atoms with Gasteiger partial charge in [-0.05, 0) is 31.6 Å². The van der Waals surface area contributed by atoms with E-state index in [0.717, 1.165) is 5.56 Å². The summed E-state index contributed by atoms with van der Waals surface area (Å²) in [5.41, 5.74) is 1.11. The first-order chi connectivity index (χ1) is 9.90. The zero-order valence-corrected chi connectivity index (χ0v) is 12.7. The Morgan fingerprint density at radius 1 is 1.19 bits per heavy atom. The van der Waals surface area contributed by atoms with Crippen molar-refractivity contribution in [3.63, 3.8) is 0 Å². The van der Waals surface area contributed by atoms with E-state index in [1.165, 1.54) is 6.08 Å². The smallest absolute Gasteiger partial charge is 0.251 e. The molecule has 0 heterocycles. The van der Waals surface area contributed by atoms with Gasteiger partial charge in [-0.1, -0.05) is 43.3 Å². The third kappa shape index (κ3) is 3.69. The molecule has 0 spiro atoms. The number of allylic oxidation sites excluding steroid dienone is 2. The van der Waals surface area contributed by atoms with E-state index in [9.17, 15) is 9.59 Å². The molecule has 1 atom stereocenters. The molecule has 1 N–H and O–H groups in total. The van der Waals surface area contributed by atoms with Gasteiger partial charge < -0.3 is 5.32 Å². The summed E-state index contributed by atoms with van der Waals surface area (Å²) in [6.07, 6.45) is 5.39. The molecule has 1 aromatic rings. The predicted octanol–water partition coefficient (Wildman–Crippen LogP) is 2.92. The van der Waals surface area contributed by atoms with Gasteiger partial charge in [-0.2, -0.15) is 0 Å². The summed E-state index contributed by atoms with van der Waals surface area (Å²) < 4.78 is 0. The van der Waals surface area contributed by atoms with Crippen LogP contribution in [0.2, 0.25) is 0 Å². The molecule has 110 valence electrons. The van der Waals surface area contributed by atoms with Gasteiger partial charge >= 0.3 is 0 Å². The zero-order chi connectivity index (χ0) is 15.5. The van der Waals surface area contributed by atoms with E-state index in [1.54, 1.807) is 6.08 Å². The van der Waals surface area contributed by atoms with Crippen LogP contribution in [-0.4, -0.2) is 17.7 Å². The van der Waals surface area contributed by atoms with Crippen LogP contribution < -0.4 is 5.32 Å². The highest BCUT2D eigenvalue weighted by molar-refractivity contribution is 6.01. The summed E-state index contributed by atoms with van der Waals surface area (Å²) in [5, 5.41) is 2.87. The number of carbonyl (C=O) groups excluding carboxylic acids is 2. The van der Waals surface area contributed by atoms with E-state index in [1.807, 2.05) is 57.2 Å². The molecule has 21 heavy (non-hydrogen) atoms. The number of carbonyl (C=O) groups is 2. The summed E-state index contributed by atoms with van der Waals surface area (Å²) in [6, 6.07) is 9.89. The van der Waals surface area contributed by atoms with E-state index in [0.29, 0.717) is 12.0 Å². The summed E-state index contributed by atoms with van der Waals surface area (Å²) >= 11 is 0. The molecule has 0 saturated carbocycles. The molecule has 1 aromatic carbocycles. The Hall–Kier alpha value is -2.16. The van der Waals surface area contributed by atoms with Crippen molar-refractivity contribution >= 4 is 11.7 Å². The molecular formula is C18H21NO2. The molecule has 1 amide bonds.